The van der Waals surface area contributed by atoms with E-state index >= 15 is 0 Å². The van der Waals surface area contributed by atoms with E-state index < -0.39 is 0 Å². The Hall–Kier alpha value is -3.00. The SMILES string of the molecule is Cc1[nH]c2c(-c3cc(F)ccc3OCC3CC3)ncnc2c1C(=O)N[C@@H]1CCC[C@@H](O)C1. The number of halogens is 1. The van der Waals surface area contributed by atoms with E-state index in [1.807, 2.05) is 6.92 Å². The Bertz CT molecular complexity index is 1160. The molecule has 1 amide bonds. The van der Waals surface area contributed by atoms with Crippen molar-refractivity contribution in [3.63, 3.8) is 0 Å². The summed E-state index contributed by atoms with van der Waals surface area (Å²) < 4.78 is 20.1. The second-order valence-electron chi connectivity index (χ2n) is 8.96. The van der Waals surface area contributed by atoms with E-state index in [0.29, 0.717) is 58.2 Å². The van der Waals surface area contributed by atoms with Gasteiger partial charge in [0, 0.05) is 17.3 Å². The van der Waals surface area contributed by atoms with Gasteiger partial charge < -0.3 is 20.1 Å². The van der Waals surface area contributed by atoms with Crippen molar-refractivity contribution in [2.75, 3.05) is 6.61 Å². The molecule has 2 heterocycles. The molecule has 2 fully saturated rings. The zero-order valence-corrected chi connectivity index (χ0v) is 18.0. The molecule has 2 aliphatic rings. The van der Waals surface area contributed by atoms with Gasteiger partial charge in [0.25, 0.3) is 5.91 Å². The lowest BCUT2D eigenvalue weighted by Gasteiger charge is -2.26. The Morgan fingerprint density at radius 1 is 1.28 bits per heavy atom. The number of hydrogen-bond acceptors (Lipinski definition) is 5. The summed E-state index contributed by atoms with van der Waals surface area (Å²) in [5.74, 6) is 0.497. The fraction of sp³-hybridized carbons (Fsp3) is 0.458. The van der Waals surface area contributed by atoms with Crippen LogP contribution >= 0.6 is 0 Å². The molecule has 2 saturated carbocycles. The number of H-pyrrole nitrogens is 1. The van der Waals surface area contributed by atoms with Crippen LogP contribution in [0.4, 0.5) is 4.39 Å². The Morgan fingerprint density at radius 2 is 2.12 bits per heavy atom. The summed E-state index contributed by atoms with van der Waals surface area (Å²) in [5, 5.41) is 13.0. The van der Waals surface area contributed by atoms with Crippen molar-refractivity contribution in [2.24, 2.45) is 5.92 Å². The number of hydrogen-bond donors (Lipinski definition) is 3. The summed E-state index contributed by atoms with van der Waals surface area (Å²) in [6.45, 7) is 2.41. The summed E-state index contributed by atoms with van der Waals surface area (Å²) in [7, 11) is 0. The van der Waals surface area contributed by atoms with Crippen molar-refractivity contribution in [3.05, 3.63) is 41.6 Å². The molecular formula is C24H27FN4O3. The van der Waals surface area contributed by atoms with Gasteiger partial charge in [-0.2, -0.15) is 0 Å². The number of amides is 1. The van der Waals surface area contributed by atoms with Gasteiger partial charge in [-0.15, -0.1) is 0 Å². The maximum atomic E-state index is 14.2. The van der Waals surface area contributed by atoms with Crippen LogP contribution in [0.15, 0.2) is 24.5 Å². The van der Waals surface area contributed by atoms with E-state index in [2.05, 4.69) is 20.3 Å². The largest absolute Gasteiger partial charge is 0.493 e. The van der Waals surface area contributed by atoms with Gasteiger partial charge in [0.05, 0.1) is 23.8 Å². The minimum atomic E-state index is -0.386. The smallest absolute Gasteiger partial charge is 0.255 e. The third-order valence-corrected chi connectivity index (χ3v) is 6.35. The number of benzene rings is 1. The van der Waals surface area contributed by atoms with Crippen LogP contribution in [0, 0.1) is 18.7 Å². The molecule has 32 heavy (non-hydrogen) atoms. The van der Waals surface area contributed by atoms with Gasteiger partial charge >= 0.3 is 0 Å². The van der Waals surface area contributed by atoms with Crippen LogP contribution in [0.5, 0.6) is 5.75 Å². The quantitative estimate of drug-likeness (QED) is 0.542. The number of aryl methyl sites for hydroxylation is 1. The number of nitrogens with one attached hydrogen (secondary N) is 2. The fourth-order valence-corrected chi connectivity index (χ4v) is 4.46. The van der Waals surface area contributed by atoms with E-state index in [1.54, 1.807) is 6.07 Å². The van der Waals surface area contributed by atoms with Crippen molar-refractivity contribution in [2.45, 2.75) is 57.6 Å². The Kier molecular flexibility index (Phi) is 5.55. The number of fused-ring (bicyclic) bond motifs is 1. The molecular weight excluding hydrogens is 411 g/mol. The lowest BCUT2D eigenvalue weighted by molar-refractivity contribution is 0.0850. The number of ether oxygens (including phenoxy) is 1. The highest BCUT2D eigenvalue weighted by molar-refractivity contribution is 6.09. The normalized spacial score (nSPS) is 21.0. The molecule has 0 radical (unpaired) electrons. The summed E-state index contributed by atoms with van der Waals surface area (Å²) >= 11 is 0. The zero-order valence-electron chi connectivity index (χ0n) is 18.0. The average Bonchev–Trinajstić information content (AvgIpc) is 3.52. The number of aliphatic hydroxyl groups is 1. The first-order chi connectivity index (χ1) is 15.5. The number of aromatic nitrogens is 3. The molecule has 0 aliphatic heterocycles. The van der Waals surface area contributed by atoms with Crippen molar-refractivity contribution in [1.29, 1.82) is 0 Å². The lowest BCUT2D eigenvalue weighted by Crippen LogP contribution is -2.39. The zero-order chi connectivity index (χ0) is 22.2. The number of aromatic amines is 1. The molecule has 5 rings (SSSR count). The second-order valence-corrected chi connectivity index (χ2v) is 8.96. The molecule has 3 N–H and O–H groups in total. The van der Waals surface area contributed by atoms with Gasteiger partial charge in [-0.05, 0) is 69.6 Å². The summed E-state index contributed by atoms with van der Waals surface area (Å²) in [5.41, 5.74) is 3.18. The molecule has 2 atom stereocenters. The van der Waals surface area contributed by atoms with E-state index in [1.165, 1.54) is 18.5 Å². The molecule has 2 aliphatic carbocycles. The highest BCUT2D eigenvalue weighted by Crippen LogP contribution is 2.36. The average molecular weight is 439 g/mol. The van der Waals surface area contributed by atoms with Crippen molar-refractivity contribution >= 4 is 16.9 Å². The second kappa shape index (κ2) is 8.50. The van der Waals surface area contributed by atoms with Crippen molar-refractivity contribution < 1.29 is 19.0 Å². The topological polar surface area (TPSA) is 100 Å². The number of aliphatic hydroxyl groups excluding tert-OH is 1. The molecule has 0 saturated heterocycles. The molecule has 8 heteroatoms. The third kappa shape index (κ3) is 4.19. The molecule has 2 aromatic heterocycles. The van der Waals surface area contributed by atoms with Gasteiger partial charge in [-0.1, -0.05) is 0 Å². The van der Waals surface area contributed by atoms with Crippen molar-refractivity contribution in [1.82, 2.24) is 20.3 Å². The first-order valence-corrected chi connectivity index (χ1v) is 11.2. The predicted octanol–water partition coefficient (Wildman–Crippen LogP) is 3.89. The molecule has 1 aromatic carbocycles. The minimum absolute atomic E-state index is 0.0671. The number of carbonyl (C=O) groups excluding carboxylic acids is 1. The van der Waals surface area contributed by atoms with Crippen LogP contribution in [0.1, 0.15) is 54.6 Å². The first-order valence-electron chi connectivity index (χ1n) is 11.2. The van der Waals surface area contributed by atoms with Crippen LogP contribution in [0.3, 0.4) is 0 Å². The van der Waals surface area contributed by atoms with Crippen LogP contribution in [-0.2, 0) is 0 Å². The summed E-state index contributed by atoms with van der Waals surface area (Å²) in [6, 6.07) is 4.34. The Morgan fingerprint density at radius 3 is 2.91 bits per heavy atom. The summed E-state index contributed by atoms with van der Waals surface area (Å²) in [6.07, 6.45) is 6.37. The Labute approximate surface area is 185 Å². The van der Waals surface area contributed by atoms with Crippen LogP contribution in [-0.4, -0.2) is 44.7 Å². The molecule has 168 valence electrons. The van der Waals surface area contributed by atoms with Gasteiger partial charge in [0.2, 0.25) is 0 Å². The van der Waals surface area contributed by atoms with Crippen LogP contribution in [0.25, 0.3) is 22.3 Å². The first kappa shape index (κ1) is 20.9. The maximum Gasteiger partial charge on any atom is 0.255 e. The highest BCUT2D eigenvalue weighted by atomic mass is 19.1. The summed E-state index contributed by atoms with van der Waals surface area (Å²) in [4.78, 5) is 25.1. The molecule has 0 bridgehead atoms. The standard InChI is InChI=1S/C24H27FN4O3/c1-13-20(24(31)29-16-3-2-4-17(30)10-16)22-23(28-13)21(26-12-27-22)18-9-15(25)7-8-19(18)32-11-14-5-6-14/h7-9,12,14,16-17,28,30H,2-6,10-11H2,1H3,(H,29,31)/t16-,17-/m1/s1. The van der Waals surface area contributed by atoms with Gasteiger partial charge in [0.1, 0.15) is 29.1 Å². The van der Waals surface area contributed by atoms with Gasteiger partial charge in [-0.25, -0.2) is 14.4 Å². The number of nitrogens with zero attached hydrogens (tertiary/aromatic N) is 2. The van der Waals surface area contributed by atoms with E-state index in [0.717, 1.165) is 32.1 Å². The molecule has 0 unspecified atom stereocenters. The number of rotatable bonds is 6. The fourth-order valence-electron chi connectivity index (χ4n) is 4.46. The maximum absolute atomic E-state index is 14.2. The highest BCUT2D eigenvalue weighted by Gasteiger charge is 2.27. The van der Waals surface area contributed by atoms with E-state index in [4.69, 9.17) is 4.74 Å². The van der Waals surface area contributed by atoms with Crippen LogP contribution < -0.4 is 10.1 Å². The van der Waals surface area contributed by atoms with Crippen molar-refractivity contribution in [3.8, 4) is 17.0 Å². The molecule has 0 spiro atoms. The lowest BCUT2D eigenvalue weighted by atomic mass is 9.93. The molecule has 7 nitrogen and oxygen atoms in total. The van der Waals surface area contributed by atoms with E-state index in [9.17, 15) is 14.3 Å². The predicted molar refractivity (Wildman–Crippen MR) is 118 cm³/mol. The minimum Gasteiger partial charge on any atom is -0.493 e. The Balaban J connectivity index is 1.50. The van der Waals surface area contributed by atoms with Crippen LogP contribution in [0.2, 0.25) is 0 Å². The third-order valence-electron chi connectivity index (χ3n) is 6.35. The molecule has 3 aromatic rings. The monoisotopic (exact) mass is 438 g/mol. The van der Waals surface area contributed by atoms with Gasteiger partial charge in [-0.3, -0.25) is 4.79 Å². The van der Waals surface area contributed by atoms with Gasteiger partial charge in [0.15, 0.2) is 0 Å². The number of carbonyl (C=O) groups is 1. The van der Waals surface area contributed by atoms with E-state index in [-0.39, 0.29) is 23.9 Å².